The highest BCUT2D eigenvalue weighted by Crippen LogP contribution is 2.33. The Morgan fingerprint density at radius 2 is 1.92 bits per heavy atom. The summed E-state index contributed by atoms with van der Waals surface area (Å²) in [6, 6.07) is 16.2. The van der Waals surface area contributed by atoms with Crippen LogP contribution in [0.25, 0.3) is 55.8 Å². The highest BCUT2D eigenvalue weighted by molar-refractivity contribution is 5.97. The molecule has 8 heteroatoms. The van der Waals surface area contributed by atoms with Crippen molar-refractivity contribution < 1.29 is 9.21 Å². The highest BCUT2D eigenvalue weighted by Gasteiger charge is 2.18. The minimum absolute atomic E-state index is 0.00655. The summed E-state index contributed by atoms with van der Waals surface area (Å²) >= 11 is 0. The number of furan rings is 1. The Bertz CT molecular complexity index is 1800. The van der Waals surface area contributed by atoms with Crippen molar-refractivity contribution in [1.82, 2.24) is 25.1 Å². The summed E-state index contributed by atoms with van der Waals surface area (Å²) in [5.41, 5.74) is 8.85. The maximum atomic E-state index is 12.6. The lowest BCUT2D eigenvalue weighted by molar-refractivity contribution is -0.117. The molecule has 0 aliphatic rings. The first-order chi connectivity index (χ1) is 18.8. The van der Waals surface area contributed by atoms with Crippen LogP contribution < -0.4 is 5.32 Å². The van der Waals surface area contributed by atoms with Crippen molar-refractivity contribution >= 4 is 33.7 Å². The molecule has 1 amide bonds. The Labute approximate surface area is 225 Å². The van der Waals surface area contributed by atoms with Crippen LogP contribution in [0, 0.1) is 5.41 Å². The molecule has 0 aliphatic heterocycles. The number of nitrogens with one attached hydrogen (secondary N) is 3. The van der Waals surface area contributed by atoms with E-state index in [1.54, 1.807) is 12.5 Å². The lowest BCUT2D eigenvalue weighted by Gasteiger charge is -2.18. The SMILES string of the molecule is CCc1cc(NC(=O)CC(C)(C)C)cc(-c2cnc3n[nH]c(-c4nc5c(-c6ccoc6)cccc5[nH]4)c3c2)c1. The van der Waals surface area contributed by atoms with E-state index in [9.17, 15) is 4.79 Å². The van der Waals surface area contributed by atoms with Gasteiger partial charge in [0.05, 0.1) is 28.9 Å². The van der Waals surface area contributed by atoms with Crippen molar-refractivity contribution in [2.45, 2.75) is 40.5 Å². The molecular weight excluding hydrogens is 488 g/mol. The summed E-state index contributed by atoms with van der Waals surface area (Å²) in [4.78, 5) is 25.6. The number of carbonyl (C=O) groups is 1. The molecule has 0 aliphatic carbocycles. The van der Waals surface area contributed by atoms with E-state index in [-0.39, 0.29) is 11.3 Å². The molecule has 0 bridgehead atoms. The van der Waals surface area contributed by atoms with Crippen molar-refractivity contribution in [2.24, 2.45) is 5.41 Å². The van der Waals surface area contributed by atoms with Gasteiger partial charge in [-0.2, -0.15) is 5.10 Å². The Morgan fingerprint density at radius 3 is 2.69 bits per heavy atom. The van der Waals surface area contributed by atoms with E-state index in [2.05, 4.69) is 65.3 Å². The first-order valence-electron chi connectivity index (χ1n) is 13.1. The fourth-order valence-corrected chi connectivity index (χ4v) is 4.86. The molecule has 196 valence electrons. The van der Waals surface area contributed by atoms with Gasteiger partial charge in [-0.3, -0.25) is 9.89 Å². The third-order valence-corrected chi connectivity index (χ3v) is 6.70. The molecule has 2 aromatic carbocycles. The molecule has 0 radical (unpaired) electrons. The van der Waals surface area contributed by atoms with Crippen LogP contribution in [0.15, 0.2) is 71.7 Å². The van der Waals surface area contributed by atoms with Gasteiger partial charge < -0.3 is 14.7 Å². The smallest absolute Gasteiger partial charge is 0.224 e. The second-order valence-corrected chi connectivity index (χ2v) is 11.1. The molecule has 4 heterocycles. The van der Waals surface area contributed by atoms with Gasteiger partial charge in [-0.1, -0.05) is 45.9 Å². The standard InChI is InChI=1S/C31H30N6O2/c1-5-18-11-20(13-22(12-18)33-26(38)15-31(2,3)4)21-14-24-28(36-37-29(24)32-16-21)30-34-25-8-6-7-23(27(25)35-30)19-9-10-39-17-19/h6-14,16-17H,5,15H2,1-4H3,(H,33,38)(H,34,35)(H,32,36,37). The number of amides is 1. The Morgan fingerprint density at radius 1 is 1.05 bits per heavy atom. The van der Waals surface area contributed by atoms with Gasteiger partial charge in [0.2, 0.25) is 5.91 Å². The third kappa shape index (κ3) is 4.93. The Kier molecular flexibility index (Phi) is 6.02. The summed E-state index contributed by atoms with van der Waals surface area (Å²) in [5, 5.41) is 11.5. The van der Waals surface area contributed by atoms with Gasteiger partial charge in [0, 0.05) is 35.0 Å². The van der Waals surface area contributed by atoms with Gasteiger partial charge in [-0.05, 0) is 53.3 Å². The zero-order chi connectivity index (χ0) is 27.1. The van der Waals surface area contributed by atoms with Gasteiger partial charge in [-0.25, -0.2) is 9.97 Å². The number of aromatic amines is 2. The van der Waals surface area contributed by atoms with E-state index < -0.39 is 0 Å². The highest BCUT2D eigenvalue weighted by atomic mass is 16.3. The second kappa shape index (κ2) is 9.54. The van der Waals surface area contributed by atoms with Crippen molar-refractivity contribution in [2.75, 3.05) is 5.32 Å². The number of rotatable bonds is 6. The van der Waals surface area contributed by atoms with Gasteiger partial charge in [-0.15, -0.1) is 0 Å². The molecule has 39 heavy (non-hydrogen) atoms. The molecule has 0 fully saturated rings. The van der Waals surface area contributed by atoms with Crippen LogP contribution in [0.2, 0.25) is 0 Å². The van der Waals surface area contributed by atoms with Crippen molar-refractivity contribution in [3.05, 3.63) is 72.8 Å². The number of imidazole rings is 1. The summed E-state index contributed by atoms with van der Waals surface area (Å²) < 4.78 is 5.29. The van der Waals surface area contributed by atoms with E-state index in [1.807, 2.05) is 42.6 Å². The van der Waals surface area contributed by atoms with E-state index >= 15 is 0 Å². The fraction of sp³-hybridized carbons (Fsp3) is 0.226. The largest absolute Gasteiger partial charge is 0.472 e. The number of hydrogen-bond acceptors (Lipinski definition) is 5. The average Bonchev–Trinajstić information content (AvgIpc) is 3.66. The number of para-hydroxylation sites is 1. The number of benzene rings is 2. The molecule has 0 atom stereocenters. The predicted octanol–water partition coefficient (Wildman–Crippen LogP) is 7.37. The zero-order valence-corrected chi connectivity index (χ0v) is 22.4. The molecule has 6 rings (SSSR count). The Hall–Kier alpha value is -4.72. The number of nitrogens with zero attached hydrogens (tertiary/aromatic N) is 3. The van der Waals surface area contributed by atoms with Crippen LogP contribution in [0.4, 0.5) is 5.69 Å². The van der Waals surface area contributed by atoms with Crippen molar-refractivity contribution in [3.8, 4) is 33.8 Å². The number of H-pyrrole nitrogens is 2. The molecule has 6 aromatic rings. The monoisotopic (exact) mass is 518 g/mol. The van der Waals surface area contributed by atoms with Crippen LogP contribution in [-0.4, -0.2) is 31.1 Å². The number of aromatic nitrogens is 5. The molecule has 0 saturated carbocycles. The minimum atomic E-state index is -0.0855. The second-order valence-electron chi connectivity index (χ2n) is 11.1. The summed E-state index contributed by atoms with van der Waals surface area (Å²) in [6.07, 6.45) is 6.49. The predicted molar refractivity (Wildman–Crippen MR) is 154 cm³/mol. The first kappa shape index (κ1) is 24.6. The van der Waals surface area contributed by atoms with Crippen LogP contribution in [-0.2, 0) is 11.2 Å². The molecular formula is C31H30N6O2. The minimum Gasteiger partial charge on any atom is -0.472 e. The lowest BCUT2D eigenvalue weighted by atomic mass is 9.92. The average molecular weight is 519 g/mol. The molecule has 8 nitrogen and oxygen atoms in total. The lowest BCUT2D eigenvalue weighted by Crippen LogP contribution is -2.19. The third-order valence-electron chi connectivity index (χ3n) is 6.70. The molecule has 3 N–H and O–H groups in total. The van der Waals surface area contributed by atoms with E-state index in [0.29, 0.717) is 17.9 Å². The topological polar surface area (TPSA) is 112 Å². The van der Waals surface area contributed by atoms with Crippen LogP contribution >= 0.6 is 0 Å². The van der Waals surface area contributed by atoms with Gasteiger partial charge in [0.25, 0.3) is 0 Å². The van der Waals surface area contributed by atoms with E-state index in [0.717, 1.165) is 62.0 Å². The molecule has 0 spiro atoms. The van der Waals surface area contributed by atoms with Gasteiger partial charge in [0.15, 0.2) is 11.5 Å². The maximum absolute atomic E-state index is 12.6. The van der Waals surface area contributed by atoms with E-state index in [4.69, 9.17) is 9.40 Å². The number of pyridine rings is 1. The fourth-order valence-electron chi connectivity index (χ4n) is 4.86. The summed E-state index contributed by atoms with van der Waals surface area (Å²) in [7, 11) is 0. The van der Waals surface area contributed by atoms with Gasteiger partial charge in [0.1, 0.15) is 5.69 Å². The molecule has 0 saturated heterocycles. The van der Waals surface area contributed by atoms with Crippen LogP contribution in [0.3, 0.4) is 0 Å². The van der Waals surface area contributed by atoms with Crippen molar-refractivity contribution in [1.29, 1.82) is 0 Å². The quantitative estimate of drug-likeness (QED) is 0.213. The molecule has 4 aromatic heterocycles. The maximum Gasteiger partial charge on any atom is 0.224 e. The van der Waals surface area contributed by atoms with Crippen molar-refractivity contribution in [3.63, 3.8) is 0 Å². The number of anilines is 1. The normalized spacial score (nSPS) is 11.9. The summed E-state index contributed by atoms with van der Waals surface area (Å²) in [6.45, 7) is 8.29. The van der Waals surface area contributed by atoms with Crippen LogP contribution in [0.5, 0.6) is 0 Å². The molecule has 0 unspecified atom stereocenters. The first-order valence-corrected chi connectivity index (χ1v) is 13.1. The van der Waals surface area contributed by atoms with E-state index in [1.165, 1.54) is 0 Å². The van der Waals surface area contributed by atoms with Gasteiger partial charge >= 0.3 is 0 Å². The van der Waals surface area contributed by atoms with Crippen LogP contribution in [0.1, 0.15) is 39.7 Å². The number of hydrogen-bond donors (Lipinski definition) is 3. The zero-order valence-electron chi connectivity index (χ0n) is 22.4. The number of aryl methyl sites for hydroxylation is 1. The summed E-state index contributed by atoms with van der Waals surface area (Å²) in [5.74, 6) is 0.687. The Balaban J connectivity index is 1.39. The number of fused-ring (bicyclic) bond motifs is 2. The number of carbonyl (C=O) groups excluding carboxylic acids is 1.